The SMILES string of the molecule is CC(C)(C(=O)O)c1ccc(C(O)CCCN2CCC(C(O)(c3ccccc3)c3ccccc3)CC2)cc1.CC(C)(C(=O)O)c1ccc(C(O)CCCN2CCC(C(O)(c3ccccc3)c3ccccc3)CC2)cc1. The fourth-order valence-corrected chi connectivity index (χ4v) is 11.0. The molecule has 8 rings (SSSR count). The number of carboxylic acids is 2. The smallest absolute Gasteiger partial charge is 0.313 e. The summed E-state index contributed by atoms with van der Waals surface area (Å²) in [6.45, 7) is 12.2. The molecule has 2 aliphatic rings. The molecular weight excluding hydrogens is 925 g/mol. The highest BCUT2D eigenvalue weighted by Crippen LogP contribution is 2.44. The molecule has 2 unspecified atom stereocenters. The number of aliphatic hydroxyl groups is 4. The molecule has 6 aromatic carbocycles. The summed E-state index contributed by atoms with van der Waals surface area (Å²) >= 11 is 0. The van der Waals surface area contributed by atoms with Gasteiger partial charge in [-0.25, -0.2) is 0 Å². The molecule has 0 spiro atoms. The number of hydrogen-bond acceptors (Lipinski definition) is 8. The van der Waals surface area contributed by atoms with Crippen LogP contribution in [0.25, 0.3) is 0 Å². The number of benzene rings is 6. The van der Waals surface area contributed by atoms with Gasteiger partial charge in [0.2, 0.25) is 0 Å². The van der Waals surface area contributed by atoms with Crippen molar-refractivity contribution in [2.75, 3.05) is 39.3 Å². The summed E-state index contributed by atoms with van der Waals surface area (Å²) < 4.78 is 0. The van der Waals surface area contributed by atoms with E-state index in [1.54, 1.807) is 52.0 Å². The monoisotopic (exact) mass is 1000 g/mol. The zero-order chi connectivity index (χ0) is 52.9. The van der Waals surface area contributed by atoms with Crippen molar-refractivity contribution in [1.29, 1.82) is 0 Å². The van der Waals surface area contributed by atoms with Crippen LogP contribution in [-0.2, 0) is 31.6 Å². The molecule has 0 saturated carbocycles. The zero-order valence-corrected chi connectivity index (χ0v) is 43.8. The third kappa shape index (κ3) is 13.1. The Morgan fingerprint density at radius 1 is 0.432 bits per heavy atom. The summed E-state index contributed by atoms with van der Waals surface area (Å²) in [7, 11) is 0. The van der Waals surface area contributed by atoms with Crippen LogP contribution in [0.1, 0.15) is 136 Å². The molecule has 2 atom stereocenters. The number of piperidine rings is 2. The molecule has 6 N–H and O–H groups in total. The fraction of sp³-hybridized carbons (Fsp3) is 0.406. The summed E-state index contributed by atoms with van der Waals surface area (Å²) in [6.07, 6.45) is 5.53. The van der Waals surface area contributed by atoms with E-state index < -0.39 is 46.2 Å². The van der Waals surface area contributed by atoms with Gasteiger partial charge in [-0.2, -0.15) is 0 Å². The number of aliphatic hydroxyl groups excluding tert-OH is 2. The van der Waals surface area contributed by atoms with E-state index in [0.29, 0.717) is 12.8 Å². The Labute approximate surface area is 439 Å². The van der Waals surface area contributed by atoms with Gasteiger partial charge in [0.1, 0.15) is 11.2 Å². The number of likely N-dealkylation sites (tertiary alicyclic amines) is 2. The summed E-state index contributed by atoms with van der Waals surface area (Å²) in [5.74, 6) is -1.47. The highest BCUT2D eigenvalue weighted by atomic mass is 16.4. The minimum absolute atomic E-state index is 0.132. The summed E-state index contributed by atoms with van der Waals surface area (Å²) in [4.78, 5) is 27.8. The van der Waals surface area contributed by atoms with Gasteiger partial charge in [-0.3, -0.25) is 9.59 Å². The fourth-order valence-electron chi connectivity index (χ4n) is 11.0. The molecule has 10 heteroatoms. The number of hydrogen-bond donors (Lipinski definition) is 6. The standard InChI is InChI=1S/2C32H39NO4/c2*1-31(2,30(35)36)25-17-15-24(16-18-25)29(34)14-9-21-33-22-19-28(20-23-33)32(37,26-10-5-3-6-11-26)27-12-7-4-8-13-27/h2*3-8,10-13,15-18,28-29,34,37H,9,14,19-23H2,1-2H3,(H,35,36). The molecule has 10 nitrogen and oxygen atoms in total. The van der Waals surface area contributed by atoms with Crippen LogP contribution in [0.4, 0.5) is 0 Å². The second-order valence-corrected chi connectivity index (χ2v) is 21.6. The van der Waals surface area contributed by atoms with Gasteiger partial charge in [-0.15, -0.1) is 0 Å². The molecule has 0 bridgehead atoms. The molecule has 392 valence electrons. The molecule has 2 aliphatic heterocycles. The molecule has 0 amide bonds. The topological polar surface area (TPSA) is 162 Å². The minimum Gasteiger partial charge on any atom is -0.481 e. The van der Waals surface area contributed by atoms with Gasteiger partial charge in [0.25, 0.3) is 0 Å². The average Bonchev–Trinajstić information content (AvgIpc) is 3.44. The first kappa shape index (κ1) is 55.8. The molecule has 2 heterocycles. The number of nitrogens with zero attached hydrogens (tertiary/aromatic N) is 2. The Morgan fingerprint density at radius 2 is 0.689 bits per heavy atom. The highest BCUT2D eigenvalue weighted by Gasteiger charge is 2.43. The van der Waals surface area contributed by atoms with Gasteiger partial charge >= 0.3 is 11.9 Å². The number of carboxylic acid groups (broad SMARTS) is 2. The first-order valence-corrected chi connectivity index (χ1v) is 26.6. The van der Waals surface area contributed by atoms with E-state index in [1.165, 1.54) is 0 Å². The largest absolute Gasteiger partial charge is 0.481 e. The van der Waals surface area contributed by atoms with Crippen molar-refractivity contribution in [3.8, 4) is 0 Å². The molecule has 2 saturated heterocycles. The van der Waals surface area contributed by atoms with Gasteiger partial charge in [-0.05, 0) is 175 Å². The molecule has 0 radical (unpaired) electrons. The summed E-state index contributed by atoms with van der Waals surface area (Å²) in [6, 6.07) is 54.6. The van der Waals surface area contributed by atoms with Crippen molar-refractivity contribution in [2.24, 2.45) is 11.8 Å². The van der Waals surface area contributed by atoms with Crippen LogP contribution < -0.4 is 0 Å². The Morgan fingerprint density at radius 3 is 0.932 bits per heavy atom. The van der Waals surface area contributed by atoms with E-state index in [-0.39, 0.29) is 11.8 Å². The first-order chi connectivity index (χ1) is 35.4. The number of rotatable bonds is 20. The normalized spacial score (nSPS) is 16.4. The molecule has 0 aromatic heterocycles. The van der Waals surface area contributed by atoms with E-state index in [4.69, 9.17) is 0 Å². The summed E-state index contributed by atoms with van der Waals surface area (Å²) in [5.41, 5.74) is 2.94. The van der Waals surface area contributed by atoms with Gasteiger partial charge in [-0.1, -0.05) is 170 Å². The van der Waals surface area contributed by atoms with Crippen LogP contribution in [-0.4, -0.2) is 91.6 Å². The van der Waals surface area contributed by atoms with Crippen molar-refractivity contribution in [3.63, 3.8) is 0 Å². The van der Waals surface area contributed by atoms with Gasteiger partial charge < -0.3 is 40.4 Å². The maximum absolute atomic E-state index is 12.1. The first-order valence-electron chi connectivity index (χ1n) is 26.6. The van der Waals surface area contributed by atoms with E-state index in [0.717, 1.165) is 122 Å². The van der Waals surface area contributed by atoms with Crippen LogP contribution in [0.5, 0.6) is 0 Å². The van der Waals surface area contributed by atoms with Crippen molar-refractivity contribution >= 4 is 11.9 Å². The van der Waals surface area contributed by atoms with Crippen LogP contribution in [0.2, 0.25) is 0 Å². The van der Waals surface area contributed by atoms with E-state index in [1.807, 2.05) is 146 Å². The minimum atomic E-state index is -1.01. The zero-order valence-electron chi connectivity index (χ0n) is 43.8. The van der Waals surface area contributed by atoms with E-state index >= 15 is 0 Å². The Hall–Kier alpha value is -5.98. The second kappa shape index (κ2) is 25.0. The Bertz CT molecular complexity index is 2380. The number of carbonyl (C=O) groups is 2. The second-order valence-electron chi connectivity index (χ2n) is 21.6. The Balaban J connectivity index is 0.000000216. The maximum Gasteiger partial charge on any atom is 0.313 e. The van der Waals surface area contributed by atoms with Crippen molar-refractivity contribution in [2.45, 2.75) is 113 Å². The third-order valence-electron chi connectivity index (χ3n) is 16.2. The van der Waals surface area contributed by atoms with Crippen LogP contribution in [0.3, 0.4) is 0 Å². The predicted molar refractivity (Wildman–Crippen MR) is 293 cm³/mol. The van der Waals surface area contributed by atoms with E-state index in [2.05, 4.69) is 9.80 Å². The number of aliphatic carboxylic acids is 2. The van der Waals surface area contributed by atoms with Gasteiger partial charge in [0, 0.05) is 0 Å². The van der Waals surface area contributed by atoms with Crippen LogP contribution >= 0.6 is 0 Å². The lowest BCUT2D eigenvalue weighted by Gasteiger charge is -2.42. The lowest BCUT2D eigenvalue weighted by molar-refractivity contribution is -0.143. The summed E-state index contributed by atoms with van der Waals surface area (Å²) in [5, 5.41) is 64.3. The molecular formula is C64H78N2O8. The molecule has 0 aliphatic carbocycles. The molecule has 6 aromatic rings. The molecule has 2 fully saturated rings. The lowest BCUT2D eigenvalue weighted by atomic mass is 9.72. The maximum atomic E-state index is 12.1. The van der Waals surface area contributed by atoms with Gasteiger partial charge in [0.15, 0.2) is 0 Å². The van der Waals surface area contributed by atoms with Gasteiger partial charge in [0.05, 0.1) is 23.0 Å². The van der Waals surface area contributed by atoms with Crippen molar-refractivity contribution in [3.05, 3.63) is 214 Å². The van der Waals surface area contributed by atoms with Crippen LogP contribution in [0, 0.1) is 11.8 Å². The average molecular weight is 1000 g/mol. The van der Waals surface area contributed by atoms with E-state index in [9.17, 15) is 40.2 Å². The predicted octanol–water partition coefficient (Wildman–Crippen LogP) is 11.0. The third-order valence-corrected chi connectivity index (χ3v) is 16.2. The Kier molecular flexibility index (Phi) is 18.9. The highest BCUT2D eigenvalue weighted by molar-refractivity contribution is 5.80. The van der Waals surface area contributed by atoms with Crippen LogP contribution in [0.15, 0.2) is 170 Å². The quantitative estimate of drug-likeness (QED) is 0.0434. The van der Waals surface area contributed by atoms with Crippen molar-refractivity contribution in [1.82, 2.24) is 9.80 Å². The lowest BCUT2D eigenvalue weighted by Crippen LogP contribution is -2.44. The van der Waals surface area contributed by atoms with Crippen molar-refractivity contribution < 1.29 is 40.2 Å². The molecule has 74 heavy (non-hydrogen) atoms.